The normalized spacial score (nSPS) is 8.22. The number of rotatable bonds is 0. The molecule has 1 radical (unpaired) electrons. The van der Waals surface area contributed by atoms with Crippen LogP contribution in [0.25, 0.3) is 0 Å². The van der Waals surface area contributed by atoms with Crippen molar-refractivity contribution in [1.82, 2.24) is 0 Å². The van der Waals surface area contributed by atoms with Crippen LogP contribution in [-0.2, 0) is 0 Å². The van der Waals surface area contributed by atoms with Crippen LogP contribution >= 0.6 is 11.6 Å². The van der Waals surface area contributed by atoms with E-state index in [0.717, 1.165) is 5.02 Å². The van der Waals surface area contributed by atoms with Crippen molar-refractivity contribution >= 4 is 41.2 Å². The fourth-order valence-electron chi connectivity index (χ4n) is 0.533. The van der Waals surface area contributed by atoms with Gasteiger partial charge < -0.3 is 0 Å². The Balaban J connectivity index is 0.000000640. The fraction of sp³-hybridized carbons (Fsp3) is 0.143. The van der Waals surface area contributed by atoms with Gasteiger partial charge >= 0.3 is 0 Å². The minimum Gasteiger partial charge on any atom is -0.0843 e. The first kappa shape index (κ1) is 9.51. The van der Waals surface area contributed by atoms with Gasteiger partial charge in [-0.3, -0.25) is 0 Å². The fourth-order valence-corrected chi connectivity index (χ4v) is 0.659. The molecule has 0 amide bonds. The Kier molecular flexibility index (Phi) is 4.59. The van der Waals surface area contributed by atoms with Gasteiger partial charge in [0.1, 0.15) is 0 Å². The molecule has 0 spiro atoms. The van der Waals surface area contributed by atoms with Crippen LogP contribution in [0.5, 0.6) is 0 Å². The van der Waals surface area contributed by atoms with E-state index < -0.39 is 0 Å². The Bertz CT molecular complexity index is 148. The van der Waals surface area contributed by atoms with E-state index in [2.05, 4.69) is 0 Å². The van der Waals surface area contributed by atoms with Crippen LogP contribution in [0.4, 0.5) is 0 Å². The Hall–Kier alpha value is 0.510. The van der Waals surface area contributed by atoms with Crippen LogP contribution in [-0.4, -0.2) is 29.6 Å². The molecule has 0 saturated carbocycles. The summed E-state index contributed by atoms with van der Waals surface area (Å²) in [5, 5.41) is 0.801. The van der Waals surface area contributed by atoms with Crippen molar-refractivity contribution in [1.29, 1.82) is 0 Å². The van der Waals surface area contributed by atoms with Crippen molar-refractivity contribution in [3.05, 3.63) is 34.9 Å². The van der Waals surface area contributed by atoms with E-state index in [4.69, 9.17) is 11.6 Å². The minimum absolute atomic E-state index is 0. The molecule has 9 heavy (non-hydrogen) atoms. The van der Waals surface area contributed by atoms with Gasteiger partial charge in [0, 0.05) is 34.6 Å². The molecule has 1 rings (SSSR count). The molecular formula is C7H7ClNa. The van der Waals surface area contributed by atoms with E-state index in [1.165, 1.54) is 5.56 Å². The zero-order valence-corrected chi connectivity index (χ0v) is 8.44. The van der Waals surface area contributed by atoms with Crippen molar-refractivity contribution in [2.45, 2.75) is 6.92 Å². The van der Waals surface area contributed by atoms with Gasteiger partial charge in [-0.15, -0.1) is 0 Å². The summed E-state index contributed by atoms with van der Waals surface area (Å²) in [6.07, 6.45) is 0. The number of hydrogen-bond acceptors (Lipinski definition) is 0. The molecule has 0 fully saturated rings. The number of hydrogen-bond donors (Lipinski definition) is 0. The molecular weight excluding hydrogens is 143 g/mol. The standard InChI is InChI=1S/C7H7Cl.Na/c1-6-2-4-7(8)5-3-6;/h2-5H,1H3;. The molecule has 0 atom stereocenters. The van der Waals surface area contributed by atoms with E-state index in [1.54, 1.807) is 0 Å². The summed E-state index contributed by atoms with van der Waals surface area (Å²) in [4.78, 5) is 0. The van der Waals surface area contributed by atoms with E-state index in [0.29, 0.717) is 0 Å². The summed E-state index contributed by atoms with van der Waals surface area (Å²) < 4.78 is 0. The summed E-state index contributed by atoms with van der Waals surface area (Å²) >= 11 is 5.61. The van der Waals surface area contributed by atoms with Gasteiger partial charge in [-0.2, -0.15) is 0 Å². The van der Waals surface area contributed by atoms with E-state index in [-0.39, 0.29) is 29.6 Å². The zero-order chi connectivity index (χ0) is 5.98. The molecule has 0 heterocycles. The molecule has 0 aliphatic carbocycles. The van der Waals surface area contributed by atoms with Crippen LogP contribution in [0.2, 0.25) is 5.02 Å². The predicted molar refractivity (Wildman–Crippen MR) is 41.9 cm³/mol. The smallest absolute Gasteiger partial charge is 0.0406 e. The Morgan fingerprint density at radius 2 is 1.56 bits per heavy atom. The largest absolute Gasteiger partial charge is 0.0843 e. The van der Waals surface area contributed by atoms with E-state index in [1.807, 2.05) is 31.2 Å². The van der Waals surface area contributed by atoms with Crippen LogP contribution in [0.15, 0.2) is 24.3 Å². The van der Waals surface area contributed by atoms with Gasteiger partial charge in [0.2, 0.25) is 0 Å². The van der Waals surface area contributed by atoms with Crippen LogP contribution in [0.3, 0.4) is 0 Å². The SMILES string of the molecule is Cc1ccc(Cl)cc1.[Na]. The summed E-state index contributed by atoms with van der Waals surface area (Å²) in [6.45, 7) is 2.04. The van der Waals surface area contributed by atoms with Crippen molar-refractivity contribution in [2.24, 2.45) is 0 Å². The zero-order valence-electron chi connectivity index (χ0n) is 5.69. The minimum atomic E-state index is 0. The second kappa shape index (κ2) is 4.35. The van der Waals surface area contributed by atoms with Gasteiger partial charge in [-0.25, -0.2) is 0 Å². The second-order valence-electron chi connectivity index (χ2n) is 1.80. The van der Waals surface area contributed by atoms with Crippen molar-refractivity contribution in [2.75, 3.05) is 0 Å². The second-order valence-corrected chi connectivity index (χ2v) is 2.23. The summed E-state index contributed by atoms with van der Waals surface area (Å²) in [5.74, 6) is 0. The van der Waals surface area contributed by atoms with Crippen LogP contribution in [0, 0.1) is 6.92 Å². The molecule has 0 N–H and O–H groups in total. The molecule has 0 aliphatic rings. The first-order chi connectivity index (χ1) is 3.79. The van der Waals surface area contributed by atoms with E-state index >= 15 is 0 Å². The molecule has 0 saturated heterocycles. The molecule has 0 aliphatic heterocycles. The molecule has 2 heteroatoms. The molecule has 0 bridgehead atoms. The van der Waals surface area contributed by atoms with E-state index in [9.17, 15) is 0 Å². The molecule has 43 valence electrons. The van der Waals surface area contributed by atoms with Gasteiger partial charge in [0.05, 0.1) is 0 Å². The van der Waals surface area contributed by atoms with Crippen molar-refractivity contribution in [3.8, 4) is 0 Å². The molecule has 0 unspecified atom stereocenters. The maximum Gasteiger partial charge on any atom is 0.0406 e. The molecule has 1 aromatic rings. The summed E-state index contributed by atoms with van der Waals surface area (Å²) in [7, 11) is 0. The first-order valence-corrected chi connectivity index (χ1v) is 2.89. The molecule has 1 aromatic carbocycles. The van der Waals surface area contributed by atoms with Gasteiger partial charge in [-0.1, -0.05) is 29.3 Å². The van der Waals surface area contributed by atoms with Crippen molar-refractivity contribution < 1.29 is 0 Å². The molecule has 0 aromatic heterocycles. The number of aryl methyl sites for hydroxylation is 1. The topological polar surface area (TPSA) is 0 Å². The predicted octanol–water partition coefficient (Wildman–Crippen LogP) is 2.27. The number of halogens is 1. The van der Waals surface area contributed by atoms with Crippen LogP contribution < -0.4 is 0 Å². The van der Waals surface area contributed by atoms with Crippen LogP contribution in [0.1, 0.15) is 5.56 Å². The van der Waals surface area contributed by atoms with Gasteiger partial charge in [0.15, 0.2) is 0 Å². The average molecular weight is 150 g/mol. The van der Waals surface area contributed by atoms with Crippen molar-refractivity contribution in [3.63, 3.8) is 0 Å². The Labute approximate surface area is 82.5 Å². The Morgan fingerprint density at radius 1 is 1.11 bits per heavy atom. The van der Waals surface area contributed by atoms with Gasteiger partial charge in [0.25, 0.3) is 0 Å². The summed E-state index contributed by atoms with van der Waals surface area (Å²) in [6, 6.07) is 7.75. The molecule has 0 nitrogen and oxygen atoms in total. The third-order valence-electron chi connectivity index (χ3n) is 1.01. The van der Waals surface area contributed by atoms with Gasteiger partial charge in [-0.05, 0) is 19.1 Å². The average Bonchev–Trinajstić information content (AvgIpc) is 1.77. The third kappa shape index (κ3) is 3.27. The quantitative estimate of drug-likeness (QED) is 0.497. The maximum atomic E-state index is 5.61. The Morgan fingerprint density at radius 3 is 1.89 bits per heavy atom. The maximum absolute atomic E-state index is 5.61. The monoisotopic (exact) mass is 149 g/mol. The first-order valence-electron chi connectivity index (χ1n) is 2.51. The summed E-state index contributed by atoms with van der Waals surface area (Å²) in [5.41, 5.74) is 1.24. The number of benzene rings is 1. The third-order valence-corrected chi connectivity index (χ3v) is 1.26.